The van der Waals surface area contributed by atoms with Crippen LogP contribution < -0.4 is 0 Å². The van der Waals surface area contributed by atoms with Gasteiger partial charge in [-0.2, -0.15) is 0 Å². The van der Waals surface area contributed by atoms with Crippen LogP contribution in [0.25, 0.3) is 11.3 Å². The van der Waals surface area contributed by atoms with Gasteiger partial charge >= 0.3 is 5.97 Å². The van der Waals surface area contributed by atoms with Crippen molar-refractivity contribution < 1.29 is 14.1 Å². The van der Waals surface area contributed by atoms with Crippen LogP contribution in [0.5, 0.6) is 0 Å². The maximum atomic E-state index is 13.0. The van der Waals surface area contributed by atoms with Gasteiger partial charge in [-0.25, -0.2) is 9.78 Å². The van der Waals surface area contributed by atoms with E-state index in [1.165, 1.54) is 0 Å². The number of hydrogen-bond donors (Lipinski definition) is 0. The molecule has 1 unspecified atom stereocenters. The van der Waals surface area contributed by atoms with Crippen molar-refractivity contribution in [2.45, 2.75) is 58.9 Å². The second kappa shape index (κ2) is 9.22. The Labute approximate surface area is 182 Å². The van der Waals surface area contributed by atoms with E-state index in [0.717, 1.165) is 34.4 Å². The number of pyridine rings is 1. The topological polar surface area (TPSA) is 65.5 Å². The quantitative estimate of drug-likeness (QED) is 0.412. The van der Waals surface area contributed by atoms with Crippen LogP contribution in [-0.2, 0) is 29.2 Å². The molecule has 0 bridgehead atoms. The molecule has 0 fully saturated rings. The van der Waals surface area contributed by atoms with Crippen LogP contribution in [0.2, 0.25) is 0 Å². The Morgan fingerprint density at radius 1 is 1.27 bits per heavy atom. The maximum Gasteiger partial charge on any atom is 0.356 e. The van der Waals surface area contributed by atoms with Crippen LogP contribution in [-0.4, -0.2) is 31.2 Å². The van der Waals surface area contributed by atoms with E-state index in [2.05, 4.69) is 16.8 Å². The molecule has 5 nitrogen and oxygen atoms in total. The summed E-state index contributed by atoms with van der Waals surface area (Å²) in [5.41, 5.74) is 4.76. The van der Waals surface area contributed by atoms with Gasteiger partial charge in [0.2, 0.25) is 0 Å². The number of nitrogens with zero attached hydrogens (tertiary/aromatic N) is 2. The first-order chi connectivity index (χ1) is 14.2. The lowest BCUT2D eigenvalue weighted by Crippen LogP contribution is -2.40. The molecule has 1 atom stereocenters. The zero-order valence-electron chi connectivity index (χ0n) is 18.2. The van der Waals surface area contributed by atoms with E-state index in [0.29, 0.717) is 13.1 Å². The van der Waals surface area contributed by atoms with Crippen molar-refractivity contribution in [2.24, 2.45) is 0 Å². The lowest BCUT2D eigenvalue weighted by Gasteiger charge is -2.29. The molecule has 1 aliphatic heterocycles. The van der Waals surface area contributed by atoms with Gasteiger partial charge < -0.3 is 9.29 Å². The molecule has 1 aromatic carbocycles. The molecule has 2 heterocycles. The smallest absolute Gasteiger partial charge is 0.356 e. The Morgan fingerprint density at radius 2 is 2.03 bits per heavy atom. The highest BCUT2D eigenvalue weighted by molar-refractivity contribution is 7.90. The van der Waals surface area contributed by atoms with Crippen molar-refractivity contribution in [3.8, 4) is 23.1 Å². The second-order valence-corrected chi connectivity index (χ2v) is 10.3. The van der Waals surface area contributed by atoms with Crippen LogP contribution in [0.4, 0.5) is 0 Å². The predicted octanol–water partition coefficient (Wildman–Crippen LogP) is 4.46. The van der Waals surface area contributed by atoms with Crippen molar-refractivity contribution in [3.05, 3.63) is 52.7 Å². The molecule has 1 aliphatic rings. The number of hydrogen-bond acceptors (Lipinski definition) is 5. The first-order valence-electron chi connectivity index (χ1n) is 10.2. The molecule has 2 aromatic rings. The summed E-state index contributed by atoms with van der Waals surface area (Å²) < 4.78 is 19.7. The molecule has 0 amide bonds. The van der Waals surface area contributed by atoms with E-state index in [1.807, 2.05) is 56.3 Å². The van der Waals surface area contributed by atoms with Gasteiger partial charge in [0.15, 0.2) is 0 Å². The molecule has 0 saturated heterocycles. The predicted molar refractivity (Wildman–Crippen MR) is 120 cm³/mol. The molecular weight excluding hydrogens is 396 g/mol. The summed E-state index contributed by atoms with van der Waals surface area (Å²) in [6, 6.07) is 9.64. The van der Waals surface area contributed by atoms with E-state index >= 15 is 0 Å². The summed E-state index contributed by atoms with van der Waals surface area (Å²) in [5, 5.41) is 0. The van der Waals surface area contributed by atoms with Gasteiger partial charge in [0.1, 0.15) is 10.4 Å². The summed E-state index contributed by atoms with van der Waals surface area (Å²) in [6.07, 6.45) is 0.782. The second-order valence-electron chi connectivity index (χ2n) is 8.11. The number of carbonyl (C=O) groups is 1. The molecule has 30 heavy (non-hydrogen) atoms. The molecule has 0 spiro atoms. The number of aromatic nitrogens is 1. The van der Waals surface area contributed by atoms with E-state index in [9.17, 15) is 9.35 Å². The number of benzene rings is 1. The van der Waals surface area contributed by atoms with Crippen molar-refractivity contribution >= 4 is 17.3 Å². The molecule has 158 valence electrons. The van der Waals surface area contributed by atoms with Crippen LogP contribution >= 0.6 is 0 Å². The van der Waals surface area contributed by atoms with E-state index in [4.69, 9.17) is 4.74 Å². The lowest BCUT2D eigenvalue weighted by atomic mass is 10.0. The average Bonchev–Trinajstić information content (AvgIpc) is 3.14. The fourth-order valence-electron chi connectivity index (χ4n) is 3.35. The Morgan fingerprint density at radius 3 is 2.70 bits per heavy atom. The summed E-state index contributed by atoms with van der Waals surface area (Å²) in [7, 11) is 0. The number of rotatable bonds is 4. The van der Waals surface area contributed by atoms with Crippen molar-refractivity contribution in [3.63, 3.8) is 0 Å². The summed E-state index contributed by atoms with van der Waals surface area (Å²) in [5.74, 6) is 5.79. The fourth-order valence-corrected chi connectivity index (χ4v) is 4.63. The van der Waals surface area contributed by atoms with Gasteiger partial charge in [0.25, 0.3) is 0 Å². The van der Waals surface area contributed by atoms with Crippen LogP contribution in [0.1, 0.15) is 68.2 Å². The van der Waals surface area contributed by atoms with Gasteiger partial charge in [-0.15, -0.1) is 4.31 Å². The molecule has 0 aliphatic carbocycles. The minimum Gasteiger partial charge on any atom is -0.597 e. The van der Waals surface area contributed by atoms with Gasteiger partial charge in [0, 0.05) is 34.5 Å². The molecule has 3 rings (SSSR count). The van der Waals surface area contributed by atoms with Crippen molar-refractivity contribution in [1.29, 1.82) is 0 Å². The van der Waals surface area contributed by atoms with Gasteiger partial charge in [-0.05, 0) is 51.5 Å². The van der Waals surface area contributed by atoms with Gasteiger partial charge in [0.05, 0.1) is 25.4 Å². The van der Waals surface area contributed by atoms with E-state index < -0.39 is 17.3 Å². The maximum absolute atomic E-state index is 13.0. The van der Waals surface area contributed by atoms with Gasteiger partial charge in [-0.1, -0.05) is 30.9 Å². The summed E-state index contributed by atoms with van der Waals surface area (Å²) >= 11 is -1.17. The number of carbonyl (C=O) groups excluding carboxylic acids is 1. The lowest BCUT2D eigenvalue weighted by molar-refractivity contribution is 0.0519. The Balaban J connectivity index is 2.08. The van der Waals surface area contributed by atoms with Crippen molar-refractivity contribution in [1.82, 2.24) is 9.29 Å². The summed E-state index contributed by atoms with van der Waals surface area (Å²) in [6.45, 7) is 11.0. The SMILES string of the molecule is CCC#Cc1cccc(-c2nc(C(=O)OCC)cc3c2CN([S+]([O-])C(C)(C)C)C3)c1. The zero-order valence-corrected chi connectivity index (χ0v) is 19.1. The van der Waals surface area contributed by atoms with Crippen molar-refractivity contribution in [2.75, 3.05) is 6.61 Å². The Bertz CT molecular complexity index is 1000. The number of fused-ring (bicyclic) bond motifs is 1. The van der Waals surface area contributed by atoms with Crippen LogP contribution in [0.3, 0.4) is 0 Å². The third-order valence-electron chi connectivity index (χ3n) is 4.69. The van der Waals surface area contributed by atoms with E-state index in [-0.39, 0.29) is 17.0 Å². The standard InChI is InChI=1S/C24H28N2O3S/c1-6-8-10-17-11-9-12-18(13-17)22-20-16-26(30(28)24(3,4)5)15-19(20)14-21(25-22)23(27)29-7-2/h9,11-14H,6-7,15-16H2,1-5H3. The Kier molecular flexibility index (Phi) is 6.87. The first-order valence-corrected chi connectivity index (χ1v) is 11.3. The fraction of sp³-hybridized carbons (Fsp3) is 0.417. The third kappa shape index (κ3) is 4.86. The molecular formula is C24H28N2O3S. The third-order valence-corrected chi connectivity index (χ3v) is 6.46. The highest BCUT2D eigenvalue weighted by Crippen LogP contribution is 2.36. The zero-order chi connectivity index (χ0) is 21.9. The van der Waals surface area contributed by atoms with Crippen LogP contribution in [0, 0.1) is 11.8 Å². The molecule has 6 heteroatoms. The molecule has 0 N–H and O–H groups in total. The van der Waals surface area contributed by atoms with Gasteiger partial charge in [-0.3, -0.25) is 0 Å². The molecule has 1 aromatic heterocycles. The van der Waals surface area contributed by atoms with Crippen LogP contribution in [0.15, 0.2) is 30.3 Å². The largest absolute Gasteiger partial charge is 0.597 e. The molecule has 0 saturated carbocycles. The number of esters is 1. The number of ether oxygens (including phenoxy) is 1. The first kappa shape index (κ1) is 22.4. The monoisotopic (exact) mass is 424 g/mol. The highest BCUT2D eigenvalue weighted by Gasteiger charge is 2.38. The Hall–Kier alpha value is -2.33. The molecule has 0 radical (unpaired) electrons. The summed E-state index contributed by atoms with van der Waals surface area (Å²) in [4.78, 5) is 17.1. The average molecular weight is 425 g/mol. The minimum absolute atomic E-state index is 0.277. The minimum atomic E-state index is -1.17. The normalized spacial score (nSPS) is 14.6. The highest BCUT2D eigenvalue weighted by atomic mass is 32.2. The van der Waals surface area contributed by atoms with E-state index in [1.54, 1.807) is 13.0 Å².